The van der Waals surface area contributed by atoms with Gasteiger partial charge in [-0.15, -0.1) is 0 Å². The van der Waals surface area contributed by atoms with E-state index in [2.05, 4.69) is 13.0 Å². The summed E-state index contributed by atoms with van der Waals surface area (Å²) < 4.78 is 18.9. The Morgan fingerprint density at radius 3 is 2.12 bits per heavy atom. The van der Waals surface area contributed by atoms with Gasteiger partial charge in [-0.05, 0) is 55.3 Å². The van der Waals surface area contributed by atoms with Crippen molar-refractivity contribution < 1.29 is 24.0 Å². The molecule has 0 radical (unpaired) electrons. The number of aromatic hydroxyl groups is 1. The first-order valence-electron chi connectivity index (χ1n) is 9.25. The molecule has 1 fully saturated rings. The number of halogens is 1. The number of ether oxygens (including phenoxy) is 1. The van der Waals surface area contributed by atoms with Crippen LogP contribution in [0.4, 0.5) is 4.39 Å². The molecule has 1 heterocycles. The molecule has 0 aromatic heterocycles. The smallest absolute Gasteiger partial charge is 0.127 e. The van der Waals surface area contributed by atoms with Crippen LogP contribution in [0.2, 0.25) is 0 Å². The predicted molar refractivity (Wildman–Crippen MR) is 99.3 cm³/mol. The molecular formula is C21H29FN2O2+2. The highest BCUT2D eigenvalue weighted by molar-refractivity contribution is 5.40. The van der Waals surface area contributed by atoms with Gasteiger partial charge in [0.25, 0.3) is 0 Å². The summed E-state index contributed by atoms with van der Waals surface area (Å²) in [4.78, 5) is 2.93. The van der Waals surface area contributed by atoms with Crippen molar-refractivity contribution in [3.05, 3.63) is 58.4 Å². The number of methoxy groups -OCH3 is 1. The molecule has 0 atom stereocenters. The molecule has 0 unspecified atom stereocenters. The second-order valence-corrected chi connectivity index (χ2v) is 7.37. The lowest BCUT2D eigenvalue weighted by Gasteiger charge is -2.30. The Labute approximate surface area is 154 Å². The molecule has 2 aromatic rings. The molecule has 0 aliphatic carbocycles. The topological polar surface area (TPSA) is 38.3 Å². The van der Waals surface area contributed by atoms with Gasteiger partial charge in [-0.1, -0.05) is 0 Å². The van der Waals surface area contributed by atoms with Crippen LogP contribution in [0.25, 0.3) is 0 Å². The number of benzene rings is 2. The number of hydrogen-bond donors (Lipinski definition) is 3. The van der Waals surface area contributed by atoms with Crippen LogP contribution in [0, 0.1) is 19.7 Å². The zero-order chi connectivity index (χ0) is 18.7. The maximum atomic E-state index is 13.5. The monoisotopic (exact) mass is 360 g/mol. The van der Waals surface area contributed by atoms with E-state index in [1.54, 1.807) is 19.2 Å². The van der Waals surface area contributed by atoms with Crippen molar-refractivity contribution in [2.45, 2.75) is 26.9 Å². The van der Waals surface area contributed by atoms with E-state index in [1.165, 1.54) is 21.4 Å². The molecule has 0 bridgehead atoms. The van der Waals surface area contributed by atoms with Crippen molar-refractivity contribution in [3.63, 3.8) is 0 Å². The van der Waals surface area contributed by atoms with E-state index in [9.17, 15) is 9.50 Å². The number of phenolic OH excluding ortho intramolecular Hbond substituents is 1. The van der Waals surface area contributed by atoms with Gasteiger partial charge in [0.1, 0.15) is 56.6 Å². The molecule has 5 heteroatoms. The Kier molecular flexibility index (Phi) is 5.79. The van der Waals surface area contributed by atoms with Crippen LogP contribution >= 0.6 is 0 Å². The van der Waals surface area contributed by atoms with Crippen molar-refractivity contribution in [1.82, 2.24) is 0 Å². The van der Waals surface area contributed by atoms with Crippen molar-refractivity contribution >= 4 is 0 Å². The van der Waals surface area contributed by atoms with E-state index >= 15 is 0 Å². The molecule has 26 heavy (non-hydrogen) atoms. The molecular weight excluding hydrogens is 331 g/mol. The molecule has 140 valence electrons. The summed E-state index contributed by atoms with van der Waals surface area (Å²) in [5.74, 6) is 0.947. The van der Waals surface area contributed by atoms with Crippen LogP contribution < -0.4 is 14.5 Å². The number of phenols is 1. The van der Waals surface area contributed by atoms with Crippen LogP contribution in [0.15, 0.2) is 30.3 Å². The molecule has 4 nitrogen and oxygen atoms in total. The van der Waals surface area contributed by atoms with Crippen LogP contribution in [0.1, 0.15) is 22.3 Å². The highest BCUT2D eigenvalue weighted by Gasteiger charge is 2.25. The van der Waals surface area contributed by atoms with Crippen LogP contribution in [0.3, 0.4) is 0 Å². The fourth-order valence-electron chi connectivity index (χ4n) is 3.74. The van der Waals surface area contributed by atoms with E-state index in [0.29, 0.717) is 5.75 Å². The number of rotatable bonds is 5. The van der Waals surface area contributed by atoms with Crippen LogP contribution in [0.5, 0.6) is 11.5 Å². The molecule has 0 amide bonds. The second kappa shape index (κ2) is 8.06. The third kappa shape index (κ3) is 4.34. The first-order valence-corrected chi connectivity index (χ1v) is 9.25. The number of piperazine rings is 1. The summed E-state index contributed by atoms with van der Waals surface area (Å²) in [6.07, 6.45) is 0. The lowest BCUT2D eigenvalue weighted by atomic mass is 10.0. The van der Waals surface area contributed by atoms with Crippen LogP contribution in [-0.2, 0) is 13.1 Å². The van der Waals surface area contributed by atoms with Gasteiger partial charge < -0.3 is 19.6 Å². The van der Waals surface area contributed by atoms with Gasteiger partial charge in [-0.2, -0.15) is 0 Å². The Bertz CT molecular complexity index is 771. The largest absolute Gasteiger partial charge is 0.507 e. The van der Waals surface area contributed by atoms with Gasteiger partial charge in [0.2, 0.25) is 0 Å². The second-order valence-electron chi connectivity index (χ2n) is 7.37. The first kappa shape index (κ1) is 18.7. The fraction of sp³-hybridized carbons (Fsp3) is 0.429. The lowest BCUT2D eigenvalue weighted by molar-refractivity contribution is -1.02. The Morgan fingerprint density at radius 1 is 0.923 bits per heavy atom. The molecule has 1 saturated heterocycles. The van der Waals surface area contributed by atoms with E-state index in [-0.39, 0.29) is 5.82 Å². The summed E-state index contributed by atoms with van der Waals surface area (Å²) >= 11 is 0. The molecule has 3 N–H and O–H groups in total. The third-order valence-electron chi connectivity index (χ3n) is 5.48. The zero-order valence-electron chi connectivity index (χ0n) is 15.9. The van der Waals surface area contributed by atoms with E-state index in [0.717, 1.165) is 61.7 Å². The molecule has 3 rings (SSSR count). The van der Waals surface area contributed by atoms with E-state index in [4.69, 9.17) is 4.74 Å². The van der Waals surface area contributed by atoms with Gasteiger partial charge in [-0.3, -0.25) is 0 Å². The Morgan fingerprint density at radius 2 is 1.50 bits per heavy atom. The number of nitrogens with one attached hydrogen (secondary N) is 2. The fourth-order valence-corrected chi connectivity index (χ4v) is 3.74. The minimum atomic E-state index is -0.213. The summed E-state index contributed by atoms with van der Waals surface area (Å²) in [6.45, 7) is 9.88. The van der Waals surface area contributed by atoms with Gasteiger partial charge in [0.15, 0.2) is 0 Å². The minimum Gasteiger partial charge on any atom is -0.507 e. The van der Waals surface area contributed by atoms with Crippen molar-refractivity contribution in [2.24, 2.45) is 0 Å². The maximum absolute atomic E-state index is 13.5. The maximum Gasteiger partial charge on any atom is 0.127 e. The van der Waals surface area contributed by atoms with Crippen molar-refractivity contribution in [2.75, 3.05) is 33.3 Å². The van der Waals surface area contributed by atoms with E-state index < -0.39 is 0 Å². The predicted octanol–water partition coefficient (Wildman–Crippen LogP) is 0.640. The van der Waals surface area contributed by atoms with Crippen molar-refractivity contribution in [3.8, 4) is 11.5 Å². The number of hydrogen-bond acceptors (Lipinski definition) is 2. The molecule has 1 aliphatic rings. The molecule has 1 aliphatic heterocycles. The van der Waals surface area contributed by atoms with Crippen molar-refractivity contribution in [1.29, 1.82) is 0 Å². The third-order valence-corrected chi connectivity index (χ3v) is 5.48. The lowest BCUT2D eigenvalue weighted by Crippen LogP contribution is -3.27. The summed E-state index contributed by atoms with van der Waals surface area (Å²) in [5.41, 5.74) is 4.30. The zero-order valence-corrected chi connectivity index (χ0v) is 15.9. The quantitative estimate of drug-likeness (QED) is 0.732. The minimum absolute atomic E-state index is 0.213. The summed E-state index contributed by atoms with van der Waals surface area (Å²) in [7, 11) is 1.63. The highest BCUT2D eigenvalue weighted by Crippen LogP contribution is 2.21. The normalized spacial score (nSPS) is 20.2. The summed E-state index contributed by atoms with van der Waals surface area (Å²) in [6, 6.07) is 8.69. The number of aryl methyl sites for hydroxylation is 2. The Hall–Kier alpha value is -2.11. The summed E-state index contributed by atoms with van der Waals surface area (Å²) in [5, 5.41) is 10.2. The van der Waals surface area contributed by atoms with Gasteiger partial charge in [0, 0.05) is 5.56 Å². The average molecular weight is 360 g/mol. The Balaban J connectivity index is 1.58. The SMILES string of the molecule is COc1ccc(F)cc1C[NH+]1CC[NH+](Cc2cc(C)c(C)cc2O)CC1. The molecule has 0 saturated carbocycles. The van der Waals surface area contributed by atoms with Gasteiger partial charge >= 0.3 is 0 Å². The number of quaternary nitrogens is 2. The molecule has 0 spiro atoms. The highest BCUT2D eigenvalue weighted by atomic mass is 19.1. The van der Waals surface area contributed by atoms with Crippen LogP contribution in [-0.4, -0.2) is 38.4 Å². The molecule has 2 aromatic carbocycles. The van der Waals surface area contributed by atoms with E-state index in [1.807, 2.05) is 13.0 Å². The van der Waals surface area contributed by atoms with Gasteiger partial charge in [-0.25, -0.2) is 4.39 Å². The average Bonchev–Trinajstić information content (AvgIpc) is 2.61. The van der Waals surface area contributed by atoms with Gasteiger partial charge in [0.05, 0.1) is 12.7 Å². The standard InChI is InChI=1S/C21H27FN2O2/c1-15-10-17(20(25)11-16(15)2)13-23-6-8-24(9-7-23)14-18-12-19(22)4-5-21(18)26-3/h4-5,10-12,25H,6-9,13-14H2,1-3H3/p+2. The first-order chi connectivity index (χ1) is 12.5.